The molecule has 2 unspecified atom stereocenters. The van der Waals surface area contributed by atoms with Crippen molar-refractivity contribution in [3.8, 4) is 5.75 Å². The van der Waals surface area contributed by atoms with Crippen molar-refractivity contribution in [1.82, 2.24) is 15.5 Å². The number of hydrogen-bond acceptors (Lipinski definition) is 4. The summed E-state index contributed by atoms with van der Waals surface area (Å²) >= 11 is 0. The Kier molecular flexibility index (Phi) is 5.59. The van der Waals surface area contributed by atoms with Crippen molar-refractivity contribution in [3.05, 3.63) is 29.8 Å². The molecule has 1 amide bonds. The van der Waals surface area contributed by atoms with E-state index in [0.717, 1.165) is 19.5 Å². The van der Waals surface area contributed by atoms with E-state index in [2.05, 4.69) is 22.5 Å². The van der Waals surface area contributed by atoms with Gasteiger partial charge in [0, 0.05) is 32.2 Å². The number of nitrogens with one attached hydrogen (secondary N) is 2. The highest BCUT2D eigenvalue weighted by molar-refractivity contribution is 5.82. The van der Waals surface area contributed by atoms with Crippen LogP contribution in [0.15, 0.2) is 24.3 Å². The molecule has 1 saturated heterocycles. The molecule has 0 bridgehead atoms. The van der Waals surface area contributed by atoms with Crippen LogP contribution in [0.2, 0.25) is 0 Å². The summed E-state index contributed by atoms with van der Waals surface area (Å²) in [6, 6.07) is 7.47. The van der Waals surface area contributed by atoms with E-state index in [1.165, 1.54) is 5.56 Å². The summed E-state index contributed by atoms with van der Waals surface area (Å²) in [5.74, 6) is 0.385. The van der Waals surface area contributed by atoms with Crippen molar-refractivity contribution >= 4 is 5.91 Å². The Morgan fingerprint density at radius 3 is 2.86 bits per heavy atom. The zero-order chi connectivity index (χ0) is 15.2. The first-order valence-corrected chi connectivity index (χ1v) is 7.64. The third kappa shape index (κ3) is 4.19. The molecule has 5 nitrogen and oxygen atoms in total. The van der Waals surface area contributed by atoms with Gasteiger partial charge in [0.2, 0.25) is 5.91 Å². The fraction of sp³-hybridized carbons (Fsp3) is 0.562. The summed E-state index contributed by atoms with van der Waals surface area (Å²) in [6.45, 7) is 7.25. The number of benzene rings is 1. The van der Waals surface area contributed by atoms with E-state index >= 15 is 0 Å². The molecule has 1 heterocycles. The third-order valence-corrected chi connectivity index (χ3v) is 3.97. The zero-order valence-corrected chi connectivity index (χ0v) is 12.8. The van der Waals surface area contributed by atoms with Gasteiger partial charge in [-0.2, -0.15) is 0 Å². The molecule has 1 aliphatic heterocycles. The molecule has 1 aromatic carbocycles. The van der Waals surface area contributed by atoms with Gasteiger partial charge in [0.05, 0.1) is 0 Å². The highest BCUT2D eigenvalue weighted by Gasteiger charge is 2.31. The van der Waals surface area contributed by atoms with Crippen molar-refractivity contribution < 1.29 is 9.90 Å². The van der Waals surface area contributed by atoms with E-state index in [1.807, 2.05) is 19.1 Å². The summed E-state index contributed by atoms with van der Waals surface area (Å²) < 4.78 is 0. The molecule has 3 N–H and O–H groups in total. The second-order valence-electron chi connectivity index (χ2n) is 5.57. The second kappa shape index (κ2) is 7.43. The van der Waals surface area contributed by atoms with Gasteiger partial charge in [0.1, 0.15) is 11.8 Å². The summed E-state index contributed by atoms with van der Waals surface area (Å²) in [5.41, 5.74) is 1.17. The van der Waals surface area contributed by atoms with Gasteiger partial charge < -0.3 is 15.7 Å². The van der Waals surface area contributed by atoms with Crippen LogP contribution >= 0.6 is 0 Å². The van der Waals surface area contributed by atoms with Crippen LogP contribution in [-0.2, 0) is 11.2 Å². The van der Waals surface area contributed by atoms with Crippen molar-refractivity contribution in [3.63, 3.8) is 0 Å². The van der Waals surface area contributed by atoms with Crippen molar-refractivity contribution in [2.24, 2.45) is 0 Å². The predicted octanol–water partition coefficient (Wildman–Crippen LogP) is 0.733. The minimum atomic E-state index is -0.106. The molecule has 0 spiro atoms. The Hall–Kier alpha value is -1.59. The van der Waals surface area contributed by atoms with Gasteiger partial charge in [0.15, 0.2) is 0 Å². The molecule has 2 atom stereocenters. The van der Waals surface area contributed by atoms with Crippen LogP contribution in [0.4, 0.5) is 0 Å². The highest BCUT2D eigenvalue weighted by Crippen LogP contribution is 2.16. The number of carbonyl (C=O) groups excluding carboxylic acids is 1. The number of rotatable bonds is 5. The molecule has 2 rings (SSSR count). The number of phenols is 1. The monoisotopic (exact) mass is 291 g/mol. The Bertz CT molecular complexity index is 461. The molecule has 1 fully saturated rings. The summed E-state index contributed by atoms with van der Waals surface area (Å²) in [4.78, 5) is 14.5. The number of piperazine rings is 1. The lowest BCUT2D eigenvalue weighted by atomic mass is 10.0. The van der Waals surface area contributed by atoms with Gasteiger partial charge >= 0.3 is 0 Å². The number of amides is 1. The summed E-state index contributed by atoms with van der Waals surface area (Å²) in [5, 5.41) is 15.6. The molecule has 0 radical (unpaired) electrons. The molecule has 5 heteroatoms. The number of hydrogen-bond donors (Lipinski definition) is 3. The van der Waals surface area contributed by atoms with Crippen molar-refractivity contribution in [2.75, 3.05) is 26.2 Å². The van der Waals surface area contributed by atoms with Gasteiger partial charge in [-0.05, 0) is 38.0 Å². The van der Waals surface area contributed by atoms with Gasteiger partial charge in [-0.25, -0.2) is 0 Å². The molecule has 21 heavy (non-hydrogen) atoms. The van der Waals surface area contributed by atoms with E-state index in [0.29, 0.717) is 13.1 Å². The van der Waals surface area contributed by atoms with Gasteiger partial charge in [0.25, 0.3) is 0 Å². The standard InChI is InChI=1S/C16H25N3O2/c1-3-18-16(21)15-11-17-8-9-19(15)12(2)10-13-4-6-14(20)7-5-13/h4-7,12,15,17,20H,3,8-11H2,1-2H3,(H,18,21). The SMILES string of the molecule is CCNC(=O)C1CNCCN1C(C)Cc1ccc(O)cc1. The Labute approximate surface area is 126 Å². The Balaban J connectivity index is 2.02. The lowest BCUT2D eigenvalue weighted by Gasteiger charge is -2.39. The quantitative estimate of drug-likeness (QED) is 0.748. The first-order chi connectivity index (χ1) is 10.1. The molecule has 116 valence electrons. The summed E-state index contributed by atoms with van der Waals surface area (Å²) in [7, 11) is 0. The third-order valence-electron chi connectivity index (χ3n) is 3.97. The first kappa shape index (κ1) is 15.8. The number of aromatic hydroxyl groups is 1. The fourth-order valence-electron chi connectivity index (χ4n) is 2.87. The second-order valence-corrected chi connectivity index (χ2v) is 5.57. The van der Waals surface area contributed by atoms with Crippen LogP contribution in [0.1, 0.15) is 19.4 Å². The number of likely N-dealkylation sites (N-methyl/N-ethyl adjacent to an activating group) is 1. The first-order valence-electron chi connectivity index (χ1n) is 7.64. The van der Waals surface area contributed by atoms with E-state index in [4.69, 9.17) is 0 Å². The smallest absolute Gasteiger partial charge is 0.238 e. The average Bonchev–Trinajstić information content (AvgIpc) is 2.50. The maximum atomic E-state index is 12.2. The molecular formula is C16H25N3O2. The van der Waals surface area contributed by atoms with E-state index in [-0.39, 0.29) is 23.7 Å². The lowest BCUT2D eigenvalue weighted by Crippen LogP contribution is -2.60. The van der Waals surface area contributed by atoms with Crippen LogP contribution < -0.4 is 10.6 Å². The highest BCUT2D eigenvalue weighted by atomic mass is 16.3. The van der Waals surface area contributed by atoms with Gasteiger partial charge in [-0.3, -0.25) is 9.69 Å². The maximum Gasteiger partial charge on any atom is 0.238 e. The number of carbonyl (C=O) groups is 1. The van der Waals surface area contributed by atoms with E-state index < -0.39 is 0 Å². The predicted molar refractivity (Wildman–Crippen MR) is 83.3 cm³/mol. The van der Waals surface area contributed by atoms with Gasteiger partial charge in [-0.15, -0.1) is 0 Å². The topological polar surface area (TPSA) is 64.6 Å². The molecule has 0 aromatic heterocycles. The van der Waals surface area contributed by atoms with Crippen LogP contribution in [-0.4, -0.2) is 54.2 Å². The molecular weight excluding hydrogens is 266 g/mol. The Morgan fingerprint density at radius 2 is 2.19 bits per heavy atom. The molecule has 0 saturated carbocycles. The fourth-order valence-corrected chi connectivity index (χ4v) is 2.87. The van der Waals surface area contributed by atoms with Crippen LogP contribution in [0.25, 0.3) is 0 Å². The van der Waals surface area contributed by atoms with Crippen LogP contribution in [0.5, 0.6) is 5.75 Å². The van der Waals surface area contributed by atoms with Crippen molar-refractivity contribution in [2.45, 2.75) is 32.4 Å². The lowest BCUT2D eigenvalue weighted by molar-refractivity contribution is -0.127. The van der Waals surface area contributed by atoms with Crippen molar-refractivity contribution in [1.29, 1.82) is 0 Å². The maximum absolute atomic E-state index is 12.2. The van der Waals surface area contributed by atoms with Gasteiger partial charge in [-0.1, -0.05) is 12.1 Å². The van der Waals surface area contributed by atoms with E-state index in [1.54, 1.807) is 12.1 Å². The molecule has 1 aliphatic rings. The largest absolute Gasteiger partial charge is 0.508 e. The summed E-state index contributed by atoms with van der Waals surface area (Å²) in [6.07, 6.45) is 0.871. The minimum absolute atomic E-state index is 0.0993. The normalized spacial score (nSPS) is 21.0. The van der Waals surface area contributed by atoms with Crippen LogP contribution in [0.3, 0.4) is 0 Å². The Morgan fingerprint density at radius 1 is 1.48 bits per heavy atom. The zero-order valence-electron chi connectivity index (χ0n) is 12.8. The number of nitrogens with zero attached hydrogens (tertiary/aromatic N) is 1. The van der Waals surface area contributed by atoms with Crippen LogP contribution in [0, 0.1) is 0 Å². The molecule has 0 aliphatic carbocycles. The van der Waals surface area contributed by atoms with E-state index in [9.17, 15) is 9.90 Å². The average molecular weight is 291 g/mol. The molecule has 1 aromatic rings. The minimum Gasteiger partial charge on any atom is -0.508 e. The number of phenolic OH excluding ortho intramolecular Hbond substituents is 1.